The highest BCUT2D eigenvalue weighted by molar-refractivity contribution is 5.26. The maximum Gasteiger partial charge on any atom is 0.0588 e. The summed E-state index contributed by atoms with van der Waals surface area (Å²) < 4.78 is 0. The topological polar surface area (TPSA) is 15.3 Å². The van der Waals surface area contributed by atoms with E-state index in [0.29, 0.717) is 12.0 Å². The smallest absolute Gasteiger partial charge is 0.0588 e. The molecule has 15 heavy (non-hydrogen) atoms. The van der Waals surface area contributed by atoms with Crippen LogP contribution >= 0.6 is 0 Å². The number of hydrazine groups is 1. The lowest BCUT2D eigenvalue weighted by Gasteiger charge is -2.24. The first-order chi connectivity index (χ1) is 7.15. The Labute approximate surface area is 92.3 Å². The molecule has 1 heterocycles. The molecule has 0 bridgehead atoms. The number of nitrogens with zero attached hydrogens (tertiary/aromatic N) is 1. The molecule has 1 N–H and O–H groups in total. The van der Waals surface area contributed by atoms with Crippen molar-refractivity contribution in [1.29, 1.82) is 0 Å². The van der Waals surface area contributed by atoms with Gasteiger partial charge in [-0.2, -0.15) is 0 Å². The highest BCUT2D eigenvalue weighted by Gasteiger charge is 2.17. The molecular weight excluding hydrogens is 184 g/mol. The Balaban J connectivity index is 1.98. The molecule has 1 unspecified atom stereocenters. The average molecular weight is 204 g/mol. The van der Waals surface area contributed by atoms with Crippen LogP contribution in [-0.2, 0) is 0 Å². The summed E-state index contributed by atoms with van der Waals surface area (Å²) >= 11 is 0. The van der Waals surface area contributed by atoms with Crippen molar-refractivity contribution in [3.05, 3.63) is 35.6 Å². The predicted molar refractivity (Wildman–Crippen MR) is 64.1 cm³/mol. The maximum absolute atomic E-state index is 3.43. The lowest BCUT2D eigenvalue weighted by atomic mass is 9.98. The number of hydrogen-bond donors (Lipinski definition) is 1. The Hall–Kier alpha value is -1.02. The van der Waals surface area contributed by atoms with Crippen LogP contribution in [0.3, 0.4) is 0 Å². The molecular formula is C13H20N2. The summed E-state index contributed by atoms with van der Waals surface area (Å²) in [6, 6.07) is 0.468. The Morgan fingerprint density at radius 3 is 2.80 bits per heavy atom. The second-order valence-corrected chi connectivity index (χ2v) is 4.67. The third kappa shape index (κ3) is 2.51. The Morgan fingerprint density at radius 2 is 2.20 bits per heavy atom. The van der Waals surface area contributed by atoms with Gasteiger partial charge in [-0.05, 0) is 37.8 Å². The quantitative estimate of drug-likeness (QED) is 0.744. The Kier molecular flexibility index (Phi) is 2.96. The first kappa shape index (κ1) is 10.5. The van der Waals surface area contributed by atoms with Gasteiger partial charge in [-0.1, -0.05) is 25.2 Å². The molecule has 0 aromatic rings. The SMILES string of the molecule is CC1=CC(C)NN1CC1=C[C@@H](C)CC=C1. The van der Waals surface area contributed by atoms with Crippen LogP contribution in [0.4, 0.5) is 0 Å². The van der Waals surface area contributed by atoms with E-state index in [1.165, 1.54) is 17.7 Å². The van der Waals surface area contributed by atoms with Gasteiger partial charge in [0.05, 0.1) is 6.54 Å². The molecule has 0 fully saturated rings. The van der Waals surface area contributed by atoms with Crippen molar-refractivity contribution in [3.63, 3.8) is 0 Å². The van der Waals surface area contributed by atoms with E-state index in [0.717, 1.165) is 6.54 Å². The van der Waals surface area contributed by atoms with Gasteiger partial charge in [0.15, 0.2) is 0 Å². The van der Waals surface area contributed by atoms with E-state index >= 15 is 0 Å². The van der Waals surface area contributed by atoms with E-state index in [1.807, 2.05) is 0 Å². The van der Waals surface area contributed by atoms with Crippen LogP contribution in [0.25, 0.3) is 0 Å². The third-order valence-electron chi connectivity index (χ3n) is 2.96. The van der Waals surface area contributed by atoms with Gasteiger partial charge in [0.25, 0.3) is 0 Å². The van der Waals surface area contributed by atoms with Crippen LogP contribution in [0.15, 0.2) is 35.6 Å². The van der Waals surface area contributed by atoms with E-state index < -0.39 is 0 Å². The van der Waals surface area contributed by atoms with Gasteiger partial charge < -0.3 is 5.01 Å². The summed E-state index contributed by atoms with van der Waals surface area (Å²) in [5, 5.41) is 2.24. The standard InChI is InChI=1S/C13H20N2/c1-10-5-4-6-13(7-10)9-15-12(3)8-11(2)14-15/h4,6-8,10-11,14H,5,9H2,1-3H3/t10-,11?/m0/s1. The molecule has 82 valence electrons. The van der Waals surface area contributed by atoms with Crippen molar-refractivity contribution in [2.75, 3.05) is 6.54 Å². The summed E-state index contributed by atoms with van der Waals surface area (Å²) in [6.07, 6.45) is 10.3. The molecule has 0 saturated carbocycles. The van der Waals surface area contributed by atoms with Crippen molar-refractivity contribution in [1.82, 2.24) is 10.4 Å². The molecule has 2 nitrogen and oxygen atoms in total. The first-order valence-corrected chi connectivity index (χ1v) is 5.74. The average Bonchev–Trinajstić information content (AvgIpc) is 2.45. The molecule has 1 aliphatic heterocycles. The van der Waals surface area contributed by atoms with Crippen LogP contribution < -0.4 is 5.43 Å². The molecule has 2 heteroatoms. The summed E-state index contributed by atoms with van der Waals surface area (Å²) in [4.78, 5) is 0. The summed E-state index contributed by atoms with van der Waals surface area (Å²) in [5.41, 5.74) is 6.18. The minimum Gasteiger partial charge on any atom is -0.308 e. The van der Waals surface area contributed by atoms with E-state index in [-0.39, 0.29) is 0 Å². The van der Waals surface area contributed by atoms with Crippen molar-refractivity contribution in [2.24, 2.45) is 5.92 Å². The van der Waals surface area contributed by atoms with E-state index in [2.05, 4.69) is 55.5 Å². The maximum atomic E-state index is 3.43. The third-order valence-corrected chi connectivity index (χ3v) is 2.96. The zero-order valence-electron chi connectivity index (χ0n) is 9.83. The van der Waals surface area contributed by atoms with Crippen molar-refractivity contribution < 1.29 is 0 Å². The van der Waals surface area contributed by atoms with Gasteiger partial charge in [0.2, 0.25) is 0 Å². The fourth-order valence-corrected chi connectivity index (χ4v) is 2.22. The number of allylic oxidation sites excluding steroid dienone is 3. The molecule has 2 atom stereocenters. The van der Waals surface area contributed by atoms with Crippen molar-refractivity contribution in [2.45, 2.75) is 33.2 Å². The minimum atomic E-state index is 0.468. The van der Waals surface area contributed by atoms with Crippen LogP contribution in [0.1, 0.15) is 27.2 Å². The number of nitrogens with one attached hydrogen (secondary N) is 1. The normalized spacial score (nSPS) is 30.5. The van der Waals surface area contributed by atoms with Crippen molar-refractivity contribution in [3.8, 4) is 0 Å². The lowest BCUT2D eigenvalue weighted by Crippen LogP contribution is -2.36. The van der Waals surface area contributed by atoms with Gasteiger partial charge in [-0.25, -0.2) is 5.43 Å². The van der Waals surface area contributed by atoms with Gasteiger partial charge in [-0.15, -0.1) is 0 Å². The second-order valence-electron chi connectivity index (χ2n) is 4.67. The minimum absolute atomic E-state index is 0.468. The molecule has 0 aromatic carbocycles. The summed E-state index contributed by atoms with van der Waals surface area (Å²) in [7, 11) is 0. The molecule has 1 aliphatic carbocycles. The van der Waals surface area contributed by atoms with E-state index in [1.54, 1.807) is 0 Å². The Morgan fingerprint density at radius 1 is 1.40 bits per heavy atom. The van der Waals surface area contributed by atoms with E-state index in [4.69, 9.17) is 0 Å². The largest absolute Gasteiger partial charge is 0.308 e. The number of hydrogen-bond acceptors (Lipinski definition) is 2. The van der Waals surface area contributed by atoms with Crippen LogP contribution in [-0.4, -0.2) is 17.6 Å². The van der Waals surface area contributed by atoms with Gasteiger partial charge >= 0.3 is 0 Å². The molecule has 0 amide bonds. The summed E-state index contributed by atoms with van der Waals surface area (Å²) in [6.45, 7) is 7.59. The number of rotatable bonds is 2. The van der Waals surface area contributed by atoms with Crippen LogP contribution in [0.2, 0.25) is 0 Å². The second kappa shape index (κ2) is 4.23. The van der Waals surface area contributed by atoms with Crippen LogP contribution in [0.5, 0.6) is 0 Å². The molecule has 2 rings (SSSR count). The fourth-order valence-electron chi connectivity index (χ4n) is 2.22. The van der Waals surface area contributed by atoms with Crippen LogP contribution in [0, 0.1) is 5.92 Å². The molecule has 0 radical (unpaired) electrons. The zero-order chi connectivity index (χ0) is 10.8. The van der Waals surface area contributed by atoms with E-state index in [9.17, 15) is 0 Å². The molecule has 2 aliphatic rings. The zero-order valence-corrected chi connectivity index (χ0v) is 9.83. The van der Waals surface area contributed by atoms with Crippen molar-refractivity contribution >= 4 is 0 Å². The highest BCUT2D eigenvalue weighted by atomic mass is 15.5. The fraction of sp³-hybridized carbons (Fsp3) is 0.538. The first-order valence-electron chi connectivity index (χ1n) is 5.74. The highest BCUT2D eigenvalue weighted by Crippen LogP contribution is 2.19. The molecule has 0 spiro atoms. The predicted octanol–water partition coefficient (Wildman–Crippen LogP) is 2.62. The lowest BCUT2D eigenvalue weighted by molar-refractivity contribution is 0.281. The monoisotopic (exact) mass is 204 g/mol. The van der Waals surface area contributed by atoms with Gasteiger partial charge in [0, 0.05) is 11.7 Å². The summed E-state index contributed by atoms with van der Waals surface area (Å²) in [5.74, 6) is 0.689. The molecule has 0 saturated heterocycles. The molecule has 0 aromatic heterocycles. The van der Waals surface area contributed by atoms with Gasteiger partial charge in [0.1, 0.15) is 0 Å². The van der Waals surface area contributed by atoms with Gasteiger partial charge in [-0.3, -0.25) is 0 Å². The Bertz CT molecular complexity index is 325.